The van der Waals surface area contributed by atoms with Gasteiger partial charge in [-0.25, -0.2) is 4.39 Å². The lowest BCUT2D eigenvalue weighted by molar-refractivity contribution is -0.138. The molecular formula is C13H16FNO3. The first-order chi connectivity index (χ1) is 8.45. The highest BCUT2D eigenvalue weighted by atomic mass is 19.1. The number of benzene rings is 1. The summed E-state index contributed by atoms with van der Waals surface area (Å²) in [7, 11) is 0. The second-order valence-corrected chi connectivity index (χ2v) is 3.99. The van der Waals surface area contributed by atoms with Crippen LogP contribution in [0.15, 0.2) is 30.9 Å². The van der Waals surface area contributed by atoms with Crippen LogP contribution in [0.1, 0.15) is 18.5 Å². The van der Waals surface area contributed by atoms with Gasteiger partial charge in [-0.15, -0.1) is 6.58 Å². The van der Waals surface area contributed by atoms with Crippen LogP contribution in [0.5, 0.6) is 5.75 Å². The monoisotopic (exact) mass is 253 g/mol. The molecule has 0 aromatic heterocycles. The van der Waals surface area contributed by atoms with E-state index in [9.17, 15) is 14.3 Å². The average Bonchev–Trinajstić information content (AvgIpc) is 2.30. The molecule has 1 rings (SSSR count). The lowest BCUT2D eigenvalue weighted by Crippen LogP contribution is -2.32. The predicted octanol–water partition coefficient (Wildman–Crippen LogP) is 2.16. The molecule has 0 saturated carbocycles. The minimum atomic E-state index is -0.986. The summed E-state index contributed by atoms with van der Waals surface area (Å²) in [5.41, 5.74) is 0.359. The number of rotatable bonds is 6. The fourth-order valence-electron chi connectivity index (χ4n) is 1.76. The van der Waals surface area contributed by atoms with Crippen LogP contribution in [-0.4, -0.2) is 34.2 Å². The first-order valence-corrected chi connectivity index (χ1v) is 5.51. The molecule has 0 aliphatic carbocycles. The van der Waals surface area contributed by atoms with E-state index < -0.39 is 17.8 Å². The summed E-state index contributed by atoms with van der Waals surface area (Å²) < 4.78 is 13.2. The fraction of sp³-hybridized carbons (Fsp3) is 0.308. The summed E-state index contributed by atoms with van der Waals surface area (Å²) in [4.78, 5) is 12.3. The van der Waals surface area contributed by atoms with Crippen LogP contribution in [0, 0.1) is 5.82 Å². The number of phenolic OH excluding ortho intramolecular Hbond substituents is 1. The first kappa shape index (κ1) is 14.2. The average molecular weight is 253 g/mol. The van der Waals surface area contributed by atoms with E-state index in [0.717, 1.165) is 6.07 Å². The Hall–Kier alpha value is -1.88. The molecule has 18 heavy (non-hydrogen) atoms. The van der Waals surface area contributed by atoms with Crippen molar-refractivity contribution in [3.63, 3.8) is 0 Å². The molecule has 0 spiro atoms. The maximum Gasteiger partial charge on any atom is 0.317 e. The zero-order valence-electron chi connectivity index (χ0n) is 10.1. The number of nitrogens with zero attached hydrogens (tertiary/aromatic N) is 1. The van der Waals surface area contributed by atoms with Crippen LogP contribution >= 0.6 is 0 Å². The summed E-state index contributed by atoms with van der Waals surface area (Å²) in [6.45, 7) is 5.39. The topological polar surface area (TPSA) is 60.8 Å². The summed E-state index contributed by atoms with van der Waals surface area (Å²) in [5, 5.41) is 18.5. The van der Waals surface area contributed by atoms with E-state index in [2.05, 4.69) is 6.58 Å². The molecule has 0 aliphatic rings. The molecule has 5 heteroatoms. The molecule has 1 atom stereocenters. The van der Waals surface area contributed by atoms with Crippen molar-refractivity contribution in [2.45, 2.75) is 13.0 Å². The van der Waals surface area contributed by atoms with Gasteiger partial charge in [0.1, 0.15) is 11.6 Å². The molecule has 0 amide bonds. The summed E-state index contributed by atoms with van der Waals surface area (Å²) in [6.07, 6.45) is 1.57. The molecule has 98 valence electrons. The number of aromatic hydroxyl groups is 1. The Kier molecular flexibility index (Phi) is 4.85. The standard InChI is InChI=1S/C13H16FNO3/c1-3-6-15(8-13(17)18)9(2)11-7-10(14)4-5-12(11)16/h3-5,7,9,16H,1,6,8H2,2H3,(H,17,18). The van der Waals surface area contributed by atoms with Crippen molar-refractivity contribution in [2.24, 2.45) is 0 Å². The zero-order valence-corrected chi connectivity index (χ0v) is 10.1. The van der Waals surface area contributed by atoms with E-state index in [0.29, 0.717) is 12.1 Å². The lowest BCUT2D eigenvalue weighted by atomic mass is 10.1. The number of carboxylic acid groups (broad SMARTS) is 1. The Morgan fingerprint density at radius 1 is 1.61 bits per heavy atom. The SMILES string of the molecule is C=CCN(CC(=O)O)C(C)c1cc(F)ccc1O. The van der Waals surface area contributed by atoms with Gasteiger partial charge in [0, 0.05) is 18.2 Å². The maximum absolute atomic E-state index is 13.2. The quantitative estimate of drug-likeness (QED) is 0.763. The van der Waals surface area contributed by atoms with Crippen LogP contribution in [0.2, 0.25) is 0 Å². The Morgan fingerprint density at radius 2 is 2.28 bits per heavy atom. The minimum absolute atomic E-state index is 0.0525. The molecule has 1 aromatic carbocycles. The smallest absolute Gasteiger partial charge is 0.317 e. The third kappa shape index (κ3) is 3.56. The molecule has 1 aromatic rings. The number of phenols is 1. The van der Waals surface area contributed by atoms with Gasteiger partial charge in [-0.3, -0.25) is 9.69 Å². The van der Waals surface area contributed by atoms with E-state index in [1.165, 1.54) is 12.1 Å². The van der Waals surface area contributed by atoms with Gasteiger partial charge in [-0.05, 0) is 25.1 Å². The zero-order chi connectivity index (χ0) is 13.7. The van der Waals surface area contributed by atoms with Crippen LogP contribution in [-0.2, 0) is 4.79 Å². The number of carbonyl (C=O) groups is 1. The van der Waals surface area contributed by atoms with E-state index in [-0.39, 0.29) is 12.3 Å². The highest BCUT2D eigenvalue weighted by molar-refractivity contribution is 5.69. The fourth-order valence-corrected chi connectivity index (χ4v) is 1.76. The third-order valence-corrected chi connectivity index (χ3v) is 2.69. The molecule has 0 radical (unpaired) electrons. The maximum atomic E-state index is 13.2. The number of aliphatic carboxylic acids is 1. The van der Waals surface area contributed by atoms with Crippen LogP contribution in [0.3, 0.4) is 0 Å². The van der Waals surface area contributed by atoms with Gasteiger partial charge >= 0.3 is 5.97 Å². The van der Waals surface area contributed by atoms with E-state index in [4.69, 9.17) is 5.11 Å². The molecule has 4 nitrogen and oxygen atoms in total. The highest BCUT2D eigenvalue weighted by Crippen LogP contribution is 2.28. The number of halogens is 1. The van der Waals surface area contributed by atoms with Crippen molar-refractivity contribution >= 4 is 5.97 Å². The molecule has 1 unspecified atom stereocenters. The molecule has 0 saturated heterocycles. The highest BCUT2D eigenvalue weighted by Gasteiger charge is 2.20. The van der Waals surface area contributed by atoms with E-state index in [1.807, 2.05) is 0 Å². The minimum Gasteiger partial charge on any atom is -0.508 e. The van der Waals surface area contributed by atoms with Crippen molar-refractivity contribution in [2.75, 3.05) is 13.1 Å². The normalized spacial score (nSPS) is 12.4. The Bertz CT molecular complexity index is 448. The second-order valence-electron chi connectivity index (χ2n) is 3.99. The van der Waals surface area contributed by atoms with E-state index in [1.54, 1.807) is 17.9 Å². The Labute approximate surface area is 105 Å². The molecule has 0 heterocycles. The van der Waals surface area contributed by atoms with Gasteiger partial charge in [0.05, 0.1) is 6.54 Å². The molecule has 0 fully saturated rings. The molecule has 0 bridgehead atoms. The Morgan fingerprint density at radius 3 is 2.83 bits per heavy atom. The van der Waals surface area contributed by atoms with Crippen molar-refractivity contribution in [3.8, 4) is 5.75 Å². The molecule has 2 N–H and O–H groups in total. The van der Waals surface area contributed by atoms with Crippen molar-refractivity contribution in [1.29, 1.82) is 0 Å². The van der Waals surface area contributed by atoms with Gasteiger partial charge < -0.3 is 10.2 Å². The van der Waals surface area contributed by atoms with Crippen molar-refractivity contribution in [3.05, 3.63) is 42.2 Å². The van der Waals surface area contributed by atoms with Crippen molar-refractivity contribution in [1.82, 2.24) is 4.90 Å². The van der Waals surface area contributed by atoms with Crippen molar-refractivity contribution < 1.29 is 19.4 Å². The van der Waals surface area contributed by atoms with Gasteiger partial charge in [-0.1, -0.05) is 6.08 Å². The Balaban J connectivity index is 3.00. The first-order valence-electron chi connectivity index (χ1n) is 5.51. The summed E-state index contributed by atoms with van der Waals surface area (Å²) in [5.74, 6) is -1.51. The van der Waals surface area contributed by atoms with Gasteiger partial charge in [-0.2, -0.15) is 0 Å². The van der Waals surface area contributed by atoms with Gasteiger partial charge in [0.2, 0.25) is 0 Å². The second kappa shape index (κ2) is 6.16. The molecular weight excluding hydrogens is 237 g/mol. The van der Waals surface area contributed by atoms with Gasteiger partial charge in [0.25, 0.3) is 0 Å². The molecule has 0 aliphatic heterocycles. The van der Waals surface area contributed by atoms with Gasteiger partial charge in [0.15, 0.2) is 0 Å². The van der Waals surface area contributed by atoms with Crippen LogP contribution in [0.25, 0.3) is 0 Å². The number of hydrogen-bond donors (Lipinski definition) is 2. The predicted molar refractivity (Wildman–Crippen MR) is 65.9 cm³/mol. The summed E-state index contributed by atoms with van der Waals surface area (Å²) in [6, 6.07) is 3.20. The third-order valence-electron chi connectivity index (χ3n) is 2.69. The van der Waals surface area contributed by atoms with E-state index >= 15 is 0 Å². The lowest BCUT2D eigenvalue weighted by Gasteiger charge is -2.27. The number of hydrogen-bond acceptors (Lipinski definition) is 3. The summed E-state index contributed by atoms with van der Waals surface area (Å²) >= 11 is 0. The van der Waals surface area contributed by atoms with Crippen LogP contribution in [0.4, 0.5) is 4.39 Å². The largest absolute Gasteiger partial charge is 0.508 e. The van der Waals surface area contributed by atoms with Crippen LogP contribution < -0.4 is 0 Å². The number of carboxylic acids is 1.